The van der Waals surface area contributed by atoms with Gasteiger partial charge in [0.1, 0.15) is 17.2 Å². The Labute approximate surface area is 209 Å². The number of carbonyl (C=O) groups excluding carboxylic acids is 1. The highest BCUT2D eigenvalue weighted by atomic mass is 16.4. The second kappa shape index (κ2) is 11.6. The summed E-state index contributed by atoms with van der Waals surface area (Å²) < 4.78 is 2.07. The maximum Gasteiger partial charge on any atom is 0.336 e. The SMILES string of the molecule is CCCc1nc2ccc(NC(=O)CCCCO)nc2n1Cc1ccc(-c2ccccc2C(=O)O)cc1. The molecule has 0 atom stereocenters. The molecule has 0 aliphatic heterocycles. The van der Waals surface area contributed by atoms with E-state index < -0.39 is 5.97 Å². The van der Waals surface area contributed by atoms with E-state index in [1.54, 1.807) is 18.2 Å². The fourth-order valence-electron chi connectivity index (χ4n) is 4.20. The Balaban J connectivity index is 1.60. The third-order valence-electron chi connectivity index (χ3n) is 5.99. The van der Waals surface area contributed by atoms with Crippen LogP contribution in [0.1, 0.15) is 54.4 Å². The number of fused-ring (bicyclic) bond motifs is 1. The third kappa shape index (κ3) is 5.78. The van der Waals surface area contributed by atoms with Crippen molar-refractivity contribution >= 4 is 28.9 Å². The number of carbonyl (C=O) groups is 2. The van der Waals surface area contributed by atoms with Gasteiger partial charge in [0.05, 0.1) is 12.1 Å². The molecule has 8 nitrogen and oxygen atoms in total. The molecule has 0 radical (unpaired) electrons. The van der Waals surface area contributed by atoms with Crippen molar-refractivity contribution in [1.29, 1.82) is 0 Å². The molecule has 4 rings (SSSR count). The van der Waals surface area contributed by atoms with E-state index in [9.17, 15) is 14.7 Å². The molecule has 0 spiro atoms. The standard InChI is InChI=1S/C28H30N4O4/c1-2-7-25-29-23-15-16-24(30-26(34)10-5-6-17-33)31-27(23)32(25)18-19-11-13-20(14-12-19)21-8-3-4-9-22(21)28(35)36/h3-4,8-9,11-16,33H,2,5-7,10,17-18H2,1H3,(H,35,36)(H,30,31,34). The number of hydrogen-bond acceptors (Lipinski definition) is 5. The predicted octanol–water partition coefficient (Wildman–Crippen LogP) is 4.90. The average Bonchev–Trinajstić information content (AvgIpc) is 3.21. The molecular formula is C28H30N4O4. The van der Waals surface area contributed by atoms with Crippen molar-refractivity contribution in [3.63, 3.8) is 0 Å². The van der Waals surface area contributed by atoms with Gasteiger partial charge in [-0.2, -0.15) is 0 Å². The van der Waals surface area contributed by atoms with Crippen LogP contribution in [-0.4, -0.2) is 43.2 Å². The number of unbranched alkanes of at least 4 members (excludes halogenated alkanes) is 1. The lowest BCUT2D eigenvalue weighted by atomic mass is 9.99. The Kier molecular flexibility index (Phi) is 8.07. The number of rotatable bonds is 11. The van der Waals surface area contributed by atoms with E-state index in [0.717, 1.165) is 35.3 Å². The van der Waals surface area contributed by atoms with E-state index in [0.29, 0.717) is 42.8 Å². The number of aliphatic hydroxyl groups excluding tert-OH is 1. The highest BCUT2D eigenvalue weighted by Crippen LogP contribution is 2.25. The summed E-state index contributed by atoms with van der Waals surface area (Å²) >= 11 is 0. The van der Waals surface area contributed by atoms with Gasteiger partial charge >= 0.3 is 5.97 Å². The third-order valence-corrected chi connectivity index (χ3v) is 5.99. The van der Waals surface area contributed by atoms with Gasteiger partial charge in [-0.3, -0.25) is 4.79 Å². The number of nitrogens with one attached hydrogen (secondary N) is 1. The van der Waals surface area contributed by atoms with Gasteiger partial charge in [-0.25, -0.2) is 14.8 Å². The molecule has 0 unspecified atom stereocenters. The number of pyridine rings is 1. The average molecular weight is 487 g/mol. The second-order valence-corrected chi connectivity index (χ2v) is 8.68. The minimum atomic E-state index is -0.953. The Hall–Kier alpha value is -4.04. The van der Waals surface area contributed by atoms with Gasteiger partial charge in [0.15, 0.2) is 5.65 Å². The van der Waals surface area contributed by atoms with Crippen LogP contribution in [0.15, 0.2) is 60.7 Å². The molecule has 0 aliphatic rings. The first-order valence-electron chi connectivity index (χ1n) is 12.2. The lowest BCUT2D eigenvalue weighted by Gasteiger charge is -2.11. The number of anilines is 1. The molecular weight excluding hydrogens is 456 g/mol. The number of aromatic carboxylic acids is 1. The predicted molar refractivity (Wildman–Crippen MR) is 139 cm³/mol. The summed E-state index contributed by atoms with van der Waals surface area (Å²) in [7, 11) is 0. The first-order chi connectivity index (χ1) is 17.5. The van der Waals surface area contributed by atoms with Crippen molar-refractivity contribution in [1.82, 2.24) is 14.5 Å². The fourth-order valence-corrected chi connectivity index (χ4v) is 4.20. The molecule has 4 aromatic rings. The maximum atomic E-state index is 12.2. The van der Waals surface area contributed by atoms with Gasteiger partial charge in [0, 0.05) is 19.4 Å². The lowest BCUT2D eigenvalue weighted by molar-refractivity contribution is -0.116. The van der Waals surface area contributed by atoms with Crippen LogP contribution in [0.2, 0.25) is 0 Å². The number of carboxylic acids is 1. The lowest BCUT2D eigenvalue weighted by Crippen LogP contribution is -2.13. The van der Waals surface area contributed by atoms with Crippen LogP contribution >= 0.6 is 0 Å². The summed E-state index contributed by atoms with van der Waals surface area (Å²) in [5.41, 5.74) is 4.29. The van der Waals surface area contributed by atoms with Gasteiger partial charge in [-0.05, 0) is 54.2 Å². The number of imidazole rings is 1. The molecule has 0 saturated carbocycles. The Morgan fingerprint density at radius 2 is 1.75 bits per heavy atom. The van der Waals surface area contributed by atoms with Crippen LogP contribution in [0.4, 0.5) is 5.82 Å². The molecule has 2 heterocycles. The van der Waals surface area contributed by atoms with Crippen molar-refractivity contribution in [2.24, 2.45) is 0 Å². The summed E-state index contributed by atoms with van der Waals surface area (Å²) in [6, 6.07) is 18.4. The number of aliphatic hydroxyl groups is 1. The Bertz CT molecular complexity index is 1360. The largest absolute Gasteiger partial charge is 0.478 e. The number of hydrogen-bond donors (Lipinski definition) is 3. The number of amides is 1. The zero-order valence-electron chi connectivity index (χ0n) is 20.3. The monoisotopic (exact) mass is 486 g/mol. The van der Waals surface area contributed by atoms with Gasteiger partial charge in [0.2, 0.25) is 5.91 Å². The summed E-state index contributed by atoms with van der Waals surface area (Å²) in [5, 5.41) is 21.3. The van der Waals surface area contributed by atoms with Crippen LogP contribution in [-0.2, 0) is 17.8 Å². The Morgan fingerprint density at radius 3 is 2.47 bits per heavy atom. The second-order valence-electron chi connectivity index (χ2n) is 8.68. The van der Waals surface area contributed by atoms with Gasteiger partial charge in [-0.1, -0.05) is 49.4 Å². The molecule has 2 aromatic heterocycles. The van der Waals surface area contributed by atoms with E-state index in [4.69, 9.17) is 15.1 Å². The molecule has 1 amide bonds. The Morgan fingerprint density at radius 1 is 0.972 bits per heavy atom. The van der Waals surface area contributed by atoms with E-state index in [1.807, 2.05) is 42.5 Å². The topological polar surface area (TPSA) is 117 Å². The van der Waals surface area contributed by atoms with Crippen molar-refractivity contribution in [2.45, 2.75) is 45.6 Å². The highest BCUT2D eigenvalue weighted by molar-refractivity contribution is 5.96. The fraction of sp³-hybridized carbons (Fsp3) is 0.286. The van der Waals surface area contributed by atoms with E-state index in [-0.39, 0.29) is 18.1 Å². The summed E-state index contributed by atoms with van der Waals surface area (Å²) in [6.45, 7) is 2.72. The van der Waals surface area contributed by atoms with Crippen molar-refractivity contribution in [3.05, 3.63) is 77.6 Å². The molecule has 186 valence electrons. The zero-order valence-corrected chi connectivity index (χ0v) is 20.3. The van der Waals surface area contributed by atoms with E-state index in [1.165, 1.54) is 0 Å². The minimum absolute atomic E-state index is 0.0733. The van der Waals surface area contributed by atoms with Crippen molar-refractivity contribution in [3.8, 4) is 11.1 Å². The maximum absolute atomic E-state index is 12.2. The molecule has 3 N–H and O–H groups in total. The highest BCUT2D eigenvalue weighted by Gasteiger charge is 2.15. The van der Waals surface area contributed by atoms with E-state index in [2.05, 4.69) is 16.8 Å². The molecule has 0 bridgehead atoms. The van der Waals surface area contributed by atoms with Crippen molar-refractivity contribution in [2.75, 3.05) is 11.9 Å². The van der Waals surface area contributed by atoms with Gasteiger partial charge in [0.25, 0.3) is 0 Å². The molecule has 2 aromatic carbocycles. The quantitative estimate of drug-likeness (QED) is 0.260. The molecule has 0 aliphatic carbocycles. The normalized spacial score (nSPS) is 11.1. The smallest absolute Gasteiger partial charge is 0.336 e. The number of aromatic nitrogens is 3. The number of carboxylic acid groups (broad SMARTS) is 1. The van der Waals surface area contributed by atoms with E-state index >= 15 is 0 Å². The van der Waals surface area contributed by atoms with Crippen LogP contribution in [0, 0.1) is 0 Å². The minimum Gasteiger partial charge on any atom is -0.478 e. The first kappa shape index (κ1) is 25.1. The molecule has 8 heteroatoms. The number of benzene rings is 2. The summed E-state index contributed by atoms with van der Waals surface area (Å²) in [4.78, 5) is 33.3. The summed E-state index contributed by atoms with van der Waals surface area (Å²) in [6.07, 6.45) is 3.27. The molecule has 0 fully saturated rings. The van der Waals surface area contributed by atoms with Crippen LogP contribution < -0.4 is 5.32 Å². The molecule has 36 heavy (non-hydrogen) atoms. The van der Waals surface area contributed by atoms with Crippen LogP contribution in [0.25, 0.3) is 22.3 Å². The first-order valence-corrected chi connectivity index (χ1v) is 12.2. The number of aryl methyl sites for hydroxylation is 1. The van der Waals surface area contributed by atoms with Crippen molar-refractivity contribution < 1.29 is 19.8 Å². The van der Waals surface area contributed by atoms with Gasteiger partial charge in [-0.15, -0.1) is 0 Å². The van der Waals surface area contributed by atoms with Crippen LogP contribution in [0.5, 0.6) is 0 Å². The van der Waals surface area contributed by atoms with Crippen LogP contribution in [0.3, 0.4) is 0 Å². The zero-order chi connectivity index (χ0) is 25.5. The number of nitrogens with zero attached hydrogens (tertiary/aromatic N) is 3. The molecule has 0 saturated heterocycles. The summed E-state index contributed by atoms with van der Waals surface area (Å²) in [5.74, 6) is 0.312. The van der Waals surface area contributed by atoms with Gasteiger partial charge < -0.3 is 20.1 Å².